The highest BCUT2D eigenvalue weighted by atomic mass is 16.5. The van der Waals surface area contributed by atoms with E-state index >= 15 is 0 Å². The summed E-state index contributed by atoms with van der Waals surface area (Å²) in [5, 5.41) is 10.1. The molecule has 25 heavy (non-hydrogen) atoms. The van der Waals surface area contributed by atoms with Crippen molar-refractivity contribution in [2.24, 2.45) is 0 Å². The second kappa shape index (κ2) is 7.31. The van der Waals surface area contributed by atoms with Gasteiger partial charge in [-0.15, -0.1) is 0 Å². The third kappa shape index (κ3) is 3.56. The number of nitrogens with one attached hydrogen (secondary N) is 2. The lowest BCUT2D eigenvalue weighted by Crippen LogP contribution is -2.25. The van der Waals surface area contributed by atoms with Gasteiger partial charge in [-0.25, -0.2) is 9.97 Å². The molecular formula is C18H23N5O2. The minimum absolute atomic E-state index is 0.00738. The van der Waals surface area contributed by atoms with Gasteiger partial charge in [0.25, 0.3) is 5.91 Å². The van der Waals surface area contributed by atoms with Gasteiger partial charge in [0.05, 0.1) is 0 Å². The second-order valence-electron chi connectivity index (χ2n) is 6.72. The van der Waals surface area contributed by atoms with E-state index in [4.69, 9.17) is 4.74 Å². The molecule has 1 amide bonds. The highest BCUT2D eigenvalue weighted by molar-refractivity contribution is 5.94. The lowest BCUT2D eigenvalue weighted by Gasteiger charge is -2.21. The normalized spacial score (nSPS) is 20.1. The maximum absolute atomic E-state index is 12.4. The van der Waals surface area contributed by atoms with Crippen LogP contribution >= 0.6 is 0 Å². The van der Waals surface area contributed by atoms with Gasteiger partial charge in [0, 0.05) is 42.4 Å². The summed E-state index contributed by atoms with van der Waals surface area (Å²) >= 11 is 0. The summed E-state index contributed by atoms with van der Waals surface area (Å²) in [6.07, 6.45) is 10.9. The molecule has 0 radical (unpaired) electrons. The Kier molecular flexibility index (Phi) is 4.74. The quantitative estimate of drug-likeness (QED) is 0.890. The van der Waals surface area contributed by atoms with Gasteiger partial charge in [-0.2, -0.15) is 5.10 Å². The van der Waals surface area contributed by atoms with Crippen LogP contribution in [0.4, 0.5) is 0 Å². The van der Waals surface area contributed by atoms with Crippen LogP contribution in [-0.2, 0) is 24.1 Å². The van der Waals surface area contributed by atoms with E-state index in [1.807, 2.05) is 0 Å². The molecule has 2 aliphatic rings. The number of rotatable bonds is 4. The first-order valence-corrected chi connectivity index (χ1v) is 9.08. The maximum Gasteiger partial charge on any atom is 0.272 e. The van der Waals surface area contributed by atoms with E-state index < -0.39 is 0 Å². The Balaban J connectivity index is 1.36. The van der Waals surface area contributed by atoms with Crippen molar-refractivity contribution in [1.82, 2.24) is 25.5 Å². The molecule has 4 rings (SSSR count). The predicted octanol–water partition coefficient (Wildman–Crippen LogP) is 2.25. The van der Waals surface area contributed by atoms with E-state index in [1.54, 1.807) is 12.4 Å². The lowest BCUT2D eigenvalue weighted by atomic mass is 9.96. The smallest absolute Gasteiger partial charge is 0.272 e. The molecule has 2 aromatic rings. The first-order chi connectivity index (χ1) is 12.3. The van der Waals surface area contributed by atoms with Crippen molar-refractivity contribution in [2.45, 2.75) is 57.6 Å². The maximum atomic E-state index is 12.4. The minimum Gasteiger partial charge on any atom is -0.370 e. The van der Waals surface area contributed by atoms with E-state index in [0.29, 0.717) is 12.2 Å². The van der Waals surface area contributed by atoms with Crippen LogP contribution in [0, 0.1) is 0 Å². The average molecular weight is 341 g/mol. The highest BCUT2D eigenvalue weighted by Gasteiger charge is 2.22. The lowest BCUT2D eigenvalue weighted by molar-refractivity contribution is 0.00940. The number of fused-ring (bicyclic) bond motifs is 1. The first kappa shape index (κ1) is 16.2. The fourth-order valence-corrected chi connectivity index (χ4v) is 3.50. The number of nitrogens with zero attached hydrogens (tertiary/aromatic N) is 3. The Hall–Kier alpha value is -2.28. The molecule has 0 bridgehead atoms. The molecule has 3 heterocycles. The van der Waals surface area contributed by atoms with Crippen molar-refractivity contribution in [3.8, 4) is 0 Å². The van der Waals surface area contributed by atoms with E-state index in [-0.39, 0.29) is 12.0 Å². The molecule has 0 spiro atoms. The number of amides is 1. The average Bonchev–Trinajstić information content (AvgIpc) is 3.11. The topological polar surface area (TPSA) is 92.8 Å². The number of aryl methyl sites for hydroxylation is 1. The molecule has 132 valence electrons. The zero-order valence-electron chi connectivity index (χ0n) is 14.3. The van der Waals surface area contributed by atoms with Crippen LogP contribution in [0.5, 0.6) is 0 Å². The summed E-state index contributed by atoms with van der Waals surface area (Å²) in [6.45, 7) is 1.17. The Morgan fingerprint density at radius 3 is 2.84 bits per heavy atom. The molecule has 1 saturated heterocycles. The third-order valence-electron chi connectivity index (χ3n) is 4.92. The van der Waals surface area contributed by atoms with Crippen molar-refractivity contribution in [1.29, 1.82) is 0 Å². The molecule has 1 unspecified atom stereocenters. The molecule has 1 aliphatic carbocycles. The summed E-state index contributed by atoms with van der Waals surface area (Å²) < 4.78 is 5.70. The SMILES string of the molecule is O=C(NCc1cnc(C2CCCCO2)nc1)c1n[nH]c2c1CCCC2. The summed E-state index contributed by atoms with van der Waals surface area (Å²) in [6, 6.07) is 0. The standard InChI is InChI=1S/C18H23N5O2/c24-18(16-13-5-1-2-6-14(13)22-23-16)21-11-12-9-19-17(20-10-12)15-7-3-4-8-25-15/h9-10,15H,1-8,11H2,(H,21,24)(H,22,23). The van der Waals surface area contributed by atoms with Gasteiger partial charge >= 0.3 is 0 Å². The number of hydrogen-bond acceptors (Lipinski definition) is 5. The van der Waals surface area contributed by atoms with Crippen molar-refractivity contribution in [2.75, 3.05) is 6.61 Å². The fourth-order valence-electron chi connectivity index (χ4n) is 3.50. The summed E-state index contributed by atoms with van der Waals surface area (Å²) in [7, 11) is 0. The predicted molar refractivity (Wildman–Crippen MR) is 91.0 cm³/mol. The zero-order valence-corrected chi connectivity index (χ0v) is 14.3. The summed E-state index contributed by atoms with van der Waals surface area (Å²) in [4.78, 5) is 21.2. The Labute approximate surface area is 146 Å². The monoisotopic (exact) mass is 341 g/mol. The van der Waals surface area contributed by atoms with Gasteiger partial charge in [-0.3, -0.25) is 9.89 Å². The second-order valence-corrected chi connectivity index (χ2v) is 6.72. The summed E-state index contributed by atoms with van der Waals surface area (Å²) in [5.41, 5.74) is 3.58. The van der Waals surface area contributed by atoms with Crippen molar-refractivity contribution in [3.63, 3.8) is 0 Å². The van der Waals surface area contributed by atoms with E-state index in [9.17, 15) is 4.79 Å². The largest absolute Gasteiger partial charge is 0.370 e. The van der Waals surface area contributed by atoms with E-state index in [2.05, 4.69) is 25.5 Å². The van der Waals surface area contributed by atoms with Crippen LogP contribution in [0.15, 0.2) is 12.4 Å². The molecule has 1 aliphatic heterocycles. The van der Waals surface area contributed by atoms with Gasteiger partial charge in [0.1, 0.15) is 6.10 Å². The molecular weight excluding hydrogens is 318 g/mol. The number of ether oxygens (including phenoxy) is 1. The number of carbonyl (C=O) groups excluding carboxylic acids is 1. The Bertz CT molecular complexity index is 734. The molecule has 7 heteroatoms. The van der Waals surface area contributed by atoms with Gasteiger partial charge in [-0.05, 0) is 44.9 Å². The van der Waals surface area contributed by atoms with Crippen LogP contribution in [0.25, 0.3) is 0 Å². The van der Waals surface area contributed by atoms with Gasteiger partial charge < -0.3 is 10.1 Å². The van der Waals surface area contributed by atoms with Gasteiger partial charge in [0.15, 0.2) is 11.5 Å². The Morgan fingerprint density at radius 2 is 2.04 bits per heavy atom. The number of H-pyrrole nitrogens is 1. The Morgan fingerprint density at radius 1 is 1.20 bits per heavy atom. The van der Waals surface area contributed by atoms with Crippen molar-refractivity contribution >= 4 is 5.91 Å². The first-order valence-electron chi connectivity index (χ1n) is 9.08. The van der Waals surface area contributed by atoms with Crippen molar-refractivity contribution < 1.29 is 9.53 Å². The van der Waals surface area contributed by atoms with Crippen LogP contribution in [0.2, 0.25) is 0 Å². The van der Waals surface area contributed by atoms with Gasteiger partial charge in [-0.1, -0.05) is 0 Å². The number of hydrogen-bond donors (Lipinski definition) is 2. The fraction of sp³-hybridized carbons (Fsp3) is 0.556. The molecule has 0 aromatic carbocycles. The molecule has 2 aromatic heterocycles. The van der Waals surface area contributed by atoms with Crippen molar-refractivity contribution in [3.05, 3.63) is 40.7 Å². The molecule has 2 N–H and O–H groups in total. The number of carbonyl (C=O) groups is 1. The molecule has 7 nitrogen and oxygen atoms in total. The van der Waals surface area contributed by atoms with E-state index in [0.717, 1.165) is 74.2 Å². The van der Waals surface area contributed by atoms with Crippen LogP contribution in [-0.4, -0.2) is 32.7 Å². The van der Waals surface area contributed by atoms with Crippen LogP contribution in [0.3, 0.4) is 0 Å². The molecule has 1 fully saturated rings. The van der Waals surface area contributed by atoms with Crippen LogP contribution < -0.4 is 5.32 Å². The van der Waals surface area contributed by atoms with Gasteiger partial charge in [0.2, 0.25) is 0 Å². The minimum atomic E-state index is -0.140. The molecule has 0 saturated carbocycles. The number of aromatic amines is 1. The van der Waals surface area contributed by atoms with E-state index in [1.165, 1.54) is 0 Å². The van der Waals surface area contributed by atoms with Crippen LogP contribution in [0.1, 0.15) is 71.3 Å². The highest BCUT2D eigenvalue weighted by Crippen LogP contribution is 2.25. The molecule has 1 atom stereocenters. The third-order valence-corrected chi connectivity index (χ3v) is 4.92. The summed E-state index contributed by atoms with van der Waals surface area (Å²) in [5.74, 6) is 0.593. The zero-order chi connectivity index (χ0) is 17.1. The number of aromatic nitrogens is 4.